The minimum absolute atomic E-state index is 0.00806. The van der Waals surface area contributed by atoms with Crippen LogP contribution in [-0.4, -0.2) is 23.3 Å². The maximum absolute atomic E-state index is 12.1. The summed E-state index contributed by atoms with van der Waals surface area (Å²) >= 11 is 0. The van der Waals surface area contributed by atoms with Crippen LogP contribution < -0.4 is 10.6 Å². The normalized spacial score (nSPS) is 21.3. The van der Waals surface area contributed by atoms with Gasteiger partial charge in [-0.3, -0.25) is 14.6 Å². The summed E-state index contributed by atoms with van der Waals surface area (Å²) in [6.45, 7) is 0.606. The fraction of sp³-hybridized carbons (Fsp3) is 0.562. The number of aromatic nitrogens is 1. The molecule has 1 aromatic rings. The quantitative estimate of drug-likeness (QED) is 0.890. The number of carbonyl (C=O) groups is 2. The van der Waals surface area contributed by atoms with E-state index in [4.69, 9.17) is 0 Å². The molecule has 21 heavy (non-hydrogen) atoms. The Morgan fingerprint density at radius 2 is 2.19 bits per heavy atom. The second kappa shape index (κ2) is 6.24. The van der Waals surface area contributed by atoms with Crippen molar-refractivity contribution in [3.63, 3.8) is 0 Å². The van der Waals surface area contributed by atoms with Gasteiger partial charge in [0.05, 0.1) is 11.9 Å². The van der Waals surface area contributed by atoms with Gasteiger partial charge in [-0.15, -0.1) is 0 Å². The Labute approximate surface area is 124 Å². The first kappa shape index (κ1) is 14.0. The molecule has 1 aromatic heterocycles. The first-order chi connectivity index (χ1) is 10.2. The van der Waals surface area contributed by atoms with Crippen molar-refractivity contribution in [2.45, 2.75) is 44.9 Å². The van der Waals surface area contributed by atoms with Crippen molar-refractivity contribution in [3.8, 4) is 0 Å². The third kappa shape index (κ3) is 3.60. The first-order valence-electron chi connectivity index (χ1n) is 7.75. The number of pyridine rings is 1. The average molecular weight is 287 g/mol. The number of hydrogen-bond donors (Lipinski definition) is 2. The summed E-state index contributed by atoms with van der Waals surface area (Å²) in [6, 6.07) is 2.06. The van der Waals surface area contributed by atoms with Gasteiger partial charge in [0.1, 0.15) is 0 Å². The van der Waals surface area contributed by atoms with Gasteiger partial charge in [0.2, 0.25) is 11.8 Å². The van der Waals surface area contributed by atoms with E-state index >= 15 is 0 Å². The Kier molecular flexibility index (Phi) is 4.18. The van der Waals surface area contributed by atoms with Crippen LogP contribution in [0.25, 0.3) is 0 Å². The van der Waals surface area contributed by atoms with Gasteiger partial charge in [-0.25, -0.2) is 0 Å². The van der Waals surface area contributed by atoms with Crippen LogP contribution in [0.4, 0.5) is 5.69 Å². The van der Waals surface area contributed by atoms with E-state index in [1.165, 1.54) is 24.1 Å². The zero-order valence-corrected chi connectivity index (χ0v) is 12.2. The summed E-state index contributed by atoms with van der Waals surface area (Å²) in [7, 11) is 0. The number of nitrogens with zero attached hydrogens (tertiary/aromatic N) is 1. The molecule has 1 saturated heterocycles. The predicted molar refractivity (Wildman–Crippen MR) is 79.9 cm³/mol. The molecule has 1 atom stereocenters. The van der Waals surface area contributed by atoms with Gasteiger partial charge in [0, 0.05) is 25.1 Å². The number of piperidine rings is 1. The molecule has 1 aliphatic carbocycles. The summed E-state index contributed by atoms with van der Waals surface area (Å²) in [6.07, 6.45) is 8.04. The molecular weight excluding hydrogens is 266 g/mol. The van der Waals surface area contributed by atoms with E-state index in [0.717, 1.165) is 24.9 Å². The van der Waals surface area contributed by atoms with Crippen molar-refractivity contribution in [3.05, 3.63) is 23.5 Å². The molecule has 0 aromatic carbocycles. The number of hydrogen-bond acceptors (Lipinski definition) is 3. The largest absolute Gasteiger partial charge is 0.356 e. The lowest BCUT2D eigenvalue weighted by molar-refractivity contribution is -0.124. The minimum atomic E-state index is 0.00806. The molecule has 2 N–H and O–H groups in total. The Hall–Kier alpha value is -1.91. The van der Waals surface area contributed by atoms with Crippen LogP contribution in [-0.2, 0) is 22.4 Å². The van der Waals surface area contributed by atoms with Crippen LogP contribution in [0.15, 0.2) is 12.3 Å². The molecule has 1 fully saturated rings. The molecule has 1 unspecified atom stereocenters. The molecule has 2 amide bonds. The fourth-order valence-electron chi connectivity index (χ4n) is 3.09. The lowest BCUT2D eigenvalue weighted by atomic mass is 9.95. The summed E-state index contributed by atoms with van der Waals surface area (Å²) in [5, 5.41) is 5.75. The number of rotatable bonds is 3. The Bertz CT molecular complexity index is 546. The molecule has 0 radical (unpaired) electrons. The van der Waals surface area contributed by atoms with Crippen molar-refractivity contribution in [1.29, 1.82) is 0 Å². The van der Waals surface area contributed by atoms with E-state index in [1.807, 2.05) is 0 Å². The van der Waals surface area contributed by atoms with Gasteiger partial charge in [-0.1, -0.05) is 0 Å². The molecule has 2 heterocycles. The SMILES string of the molecule is O=C1CCC(CC(=O)Nc2cnc3c(c2)CCCC3)CN1. The van der Waals surface area contributed by atoms with Gasteiger partial charge >= 0.3 is 0 Å². The highest BCUT2D eigenvalue weighted by atomic mass is 16.2. The Balaban J connectivity index is 1.56. The van der Waals surface area contributed by atoms with E-state index in [1.54, 1.807) is 6.20 Å². The molecule has 3 rings (SSSR count). The van der Waals surface area contributed by atoms with Gasteiger partial charge in [0.15, 0.2) is 0 Å². The van der Waals surface area contributed by atoms with Crippen LogP contribution in [0.5, 0.6) is 0 Å². The number of fused-ring (bicyclic) bond motifs is 1. The summed E-state index contributed by atoms with van der Waals surface area (Å²) in [5.74, 6) is 0.340. The highest BCUT2D eigenvalue weighted by Crippen LogP contribution is 2.22. The second-order valence-corrected chi connectivity index (χ2v) is 6.00. The number of anilines is 1. The third-order valence-corrected chi connectivity index (χ3v) is 4.29. The zero-order chi connectivity index (χ0) is 14.7. The predicted octanol–water partition coefficient (Wildman–Crippen LogP) is 1.82. The average Bonchev–Trinajstić information content (AvgIpc) is 2.49. The highest BCUT2D eigenvalue weighted by Gasteiger charge is 2.21. The van der Waals surface area contributed by atoms with Crippen LogP contribution >= 0.6 is 0 Å². The van der Waals surface area contributed by atoms with E-state index < -0.39 is 0 Å². The highest BCUT2D eigenvalue weighted by molar-refractivity contribution is 5.91. The van der Waals surface area contributed by atoms with Crippen LogP contribution in [0.2, 0.25) is 0 Å². The molecular formula is C16H21N3O2. The molecule has 0 bridgehead atoms. The van der Waals surface area contributed by atoms with E-state index in [-0.39, 0.29) is 17.7 Å². The van der Waals surface area contributed by atoms with Crippen molar-refractivity contribution in [2.24, 2.45) is 5.92 Å². The number of amides is 2. The molecule has 2 aliphatic rings. The summed E-state index contributed by atoms with van der Waals surface area (Å²) in [5.41, 5.74) is 3.23. The smallest absolute Gasteiger partial charge is 0.224 e. The van der Waals surface area contributed by atoms with Crippen LogP contribution in [0, 0.1) is 5.92 Å². The molecule has 1 aliphatic heterocycles. The minimum Gasteiger partial charge on any atom is -0.356 e. The lowest BCUT2D eigenvalue weighted by Crippen LogP contribution is -2.36. The molecule has 0 spiro atoms. The number of aryl methyl sites for hydroxylation is 2. The maximum atomic E-state index is 12.1. The van der Waals surface area contributed by atoms with Crippen molar-refractivity contribution >= 4 is 17.5 Å². The van der Waals surface area contributed by atoms with E-state index in [2.05, 4.69) is 21.7 Å². The van der Waals surface area contributed by atoms with Crippen LogP contribution in [0.3, 0.4) is 0 Å². The van der Waals surface area contributed by atoms with Crippen molar-refractivity contribution < 1.29 is 9.59 Å². The molecule has 112 valence electrons. The summed E-state index contributed by atoms with van der Waals surface area (Å²) in [4.78, 5) is 27.6. The van der Waals surface area contributed by atoms with Gasteiger partial charge < -0.3 is 10.6 Å². The second-order valence-electron chi connectivity index (χ2n) is 6.00. The monoisotopic (exact) mass is 287 g/mol. The standard InChI is InChI=1S/C16H21N3O2/c20-15-6-5-11(9-18-15)7-16(21)19-13-8-12-3-1-2-4-14(12)17-10-13/h8,10-11H,1-7,9H2,(H,18,20)(H,19,21). The molecule has 5 nitrogen and oxygen atoms in total. The number of carbonyl (C=O) groups excluding carboxylic acids is 2. The van der Waals surface area contributed by atoms with Gasteiger partial charge in [-0.2, -0.15) is 0 Å². The molecule has 0 saturated carbocycles. The van der Waals surface area contributed by atoms with Crippen molar-refractivity contribution in [1.82, 2.24) is 10.3 Å². The Morgan fingerprint density at radius 1 is 1.33 bits per heavy atom. The van der Waals surface area contributed by atoms with Gasteiger partial charge in [-0.05, 0) is 49.7 Å². The molecule has 5 heteroatoms. The van der Waals surface area contributed by atoms with E-state index in [0.29, 0.717) is 19.4 Å². The fourth-order valence-corrected chi connectivity index (χ4v) is 3.09. The topological polar surface area (TPSA) is 71.1 Å². The van der Waals surface area contributed by atoms with E-state index in [9.17, 15) is 9.59 Å². The third-order valence-electron chi connectivity index (χ3n) is 4.29. The first-order valence-corrected chi connectivity index (χ1v) is 7.75. The van der Waals surface area contributed by atoms with Gasteiger partial charge in [0.25, 0.3) is 0 Å². The lowest BCUT2D eigenvalue weighted by Gasteiger charge is -2.22. The summed E-state index contributed by atoms with van der Waals surface area (Å²) < 4.78 is 0. The zero-order valence-electron chi connectivity index (χ0n) is 12.2. The van der Waals surface area contributed by atoms with Crippen LogP contribution in [0.1, 0.15) is 43.4 Å². The van der Waals surface area contributed by atoms with Crippen molar-refractivity contribution in [2.75, 3.05) is 11.9 Å². The Morgan fingerprint density at radius 3 is 3.00 bits per heavy atom. The maximum Gasteiger partial charge on any atom is 0.224 e. The number of nitrogens with one attached hydrogen (secondary N) is 2.